The summed E-state index contributed by atoms with van der Waals surface area (Å²) in [6.07, 6.45) is 2.93. The Hall–Kier alpha value is -1.89. The number of rotatable bonds is 2. The molecular formula is C7H8N6O. The number of aryl methyl sites for hydroxylation is 1. The largest absolute Gasteiger partial charge is 0.390 e. The van der Waals surface area contributed by atoms with Gasteiger partial charge in [0, 0.05) is 0 Å². The van der Waals surface area contributed by atoms with Crippen LogP contribution in [0.4, 0.5) is 0 Å². The molecule has 1 N–H and O–H groups in total. The first-order valence-electron chi connectivity index (χ1n) is 3.98. The van der Waals surface area contributed by atoms with Crippen LogP contribution in [0.1, 0.15) is 11.4 Å². The van der Waals surface area contributed by atoms with E-state index in [-0.39, 0.29) is 6.61 Å². The highest BCUT2D eigenvalue weighted by molar-refractivity contribution is 5.25. The van der Waals surface area contributed by atoms with Crippen molar-refractivity contribution in [2.24, 2.45) is 0 Å². The van der Waals surface area contributed by atoms with Gasteiger partial charge in [0.15, 0.2) is 5.82 Å². The van der Waals surface area contributed by atoms with Gasteiger partial charge in [0.25, 0.3) is 0 Å². The van der Waals surface area contributed by atoms with Crippen LogP contribution in [0.25, 0.3) is 5.82 Å². The zero-order valence-corrected chi connectivity index (χ0v) is 7.49. The maximum Gasteiger partial charge on any atom is 0.178 e. The monoisotopic (exact) mass is 192 g/mol. The molecule has 0 unspecified atom stereocenters. The lowest BCUT2D eigenvalue weighted by atomic mass is 10.4. The summed E-state index contributed by atoms with van der Waals surface area (Å²) < 4.78 is 1.42. The molecular weight excluding hydrogens is 184 g/mol. The maximum absolute atomic E-state index is 8.83. The van der Waals surface area contributed by atoms with E-state index in [1.807, 2.05) is 0 Å². The minimum atomic E-state index is -0.121. The average Bonchev–Trinajstić information content (AvgIpc) is 2.70. The van der Waals surface area contributed by atoms with Crippen molar-refractivity contribution in [3.05, 3.63) is 23.9 Å². The van der Waals surface area contributed by atoms with Gasteiger partial charge < -0.3 is 5.11 Å². The van der Waals surface area contributed by atoms with Crippen LogP contribution in [0.3, 0.4) is 0 Å². The molecule has 0 spiro atoms. The van der Waals surface area contributed by atoms with Crippen LogP contribution in [-0.2, 0) is 6.61 Å². The normalized spacial score (nSPS) is 10.4. The zero-order chi connectivity index (χ0) is 9.97. The molecule has 14 heavy (non-hydrogen) atoms. The second-order valence-corrected chi connectivity index (χ2v) is 2.68. The number of aliphatic hydroxyl groups excluding tert-OH is 1. The summed E-state index contributed by atoms with van der Waals surface area (Å²) in [4.78, 5) is 8.21. The van der Waals surface area contributed by atoms with Gasteiger partial charge in [-0.05, 0) is 17.4 Å². The summed E-state index contributed by atoms with van der Waals surface area (Å²) in [5, 5.41) is 19.5. The number of aliphatic hydroxyl groups is 1. The molecule has 0 aliphatic rings. The molecule has 0 aromatic carbocycles. The fourth-order valence-corrected chi connectivity index (χ4v) is 1.08. The zero-order valence-electron chi connectivity index (χ0n) is 7.49. The van der Waals surface area contributed by atoms with E-state index >= 15 is 0 Å². The first kappa shape index (κ1) is 8.70. The molecule has 72 valence electrons. The van der Waals surface area contributed by atoms with Crippen molar-refractivity contribution < 1.29 is 5.11 Å². The molecule has 0 aliphatic heterocycles. The molecule has 2 aromatic heterocycles. The van der Waals surface area contributed by atoms with E-state index in [1.54, 1.807) is 6.92 Å². The molecule has 7 nitrogen and oxygen atoms in total. The molecule has 0 aliphatic carbocycles. The molecule has 7 heteroatoms. The van der Waals surface area contributed by atoms with Crippen LogP contribution >= 0.6 is 0 Å². The lowest BCUT2D eigenvalue weighted by Gasteiger charge is -2.03. The number of nitrogens with zero attached hydrogens (tertiary/aromatic N) is 6. The van der Waals surface area contributed by atoms with E-state index in [0.29, 0.717) is 17.2 Å². The first-order valence-corrected chi connectivity index (χ1v) is 3.98. The predicted octanol–water partition coefficient (Wildman–Crippen LogP) is -0.747. The van der Waals surface area contributed by atoms with Crippen molar-refractivity contribution in [2.75, 3.05) is 0 Å². The molecule has 0 saturated carbocycles. The molecule has 0 amide bonds. The highest BCUT2D eigenvalue weighted by Gasteiger charge is 2.05. The van der Waals surface area contributed by atoms with Gasteiger partial charge in [-0.3, -0.25) is 4.98 Å². The van der Waals surface area contributed by atoms with Gasteiger partial charge in [-0.1, -0.05) is 0 Å². The summed E-state index contributed by atoms with van der Waals surface area (Å²) in [7, 11) is 0. The van der Waals surface area contributed by atoms with Crippen molar-refractivity contribution in [1.29, 1.82) is 0 Å². The smallest absolute Gasteiger partial charge is 0.178 e. The Morgan fingerprint density at radius 3 is 2.93 bits per heavy atom. The second kappa shape index (κ2) is 3.46. The molecule has 0 saturated heterocycles. The third kappa shape index (κ3) is 1.44. The van der Waals surface area contributed by atoms with Gasteiger partial charge in [-0.25, -0.2) is 4.98 Å². The van der Waals surface area contributed by atoms with Gasteiger partial charge in [-0.15, -0.1) is 5.10 Å². The van der Waals surface area contributed by atoms with E-state index < -0.39 is 0 Å². The molecule has 0 radical (unpaired) electrons. The molecule has 0 atom stereocenters. The predicted molar refractivity (Wildman–Crippen MR) is 45.4 cm³/mol. The van der Waals surface area contributed by atoms with Crippen LogP contribution < -0.4 is 0 Å². The van der Waals surface area contributed by atoms with Crippen LogP contribution in [0.5, 0.6) is 0 Å². The van der Waals surface area contributed by atoms with Gasteiger partial charge in [0.2, 0.25) is 0 Å². The summed E-state index contributed by atoms with van der Waals surface area (Å²) in [6.45, 7) is 1.66. The maximum atomic E-state index is 8.83. The van der Waals surface area contributed by atoms with E-state index in [9.17, 15) is 0 Å². The molecule has 2 aromatic rings. The van der Waals surface area contributed by atoms with E-state index in [0.717, 1.165) is 0 Å². The summed E-state index contributed by atoms with van der Waals surface area (Å²) >= 11 is 0. The minimum absolute atomic E-state index is 0.121. The first-order chi connectivity index (χ1) is 6.81. The Morgan fingerprint density at radius 1 is 1.50 bits per heavy atom. The van der Waals surface area contributed by atoms with Crippen LogP contribution in [0.2, 0.25) is 0 Å². The lowest BCUT2D eigenvalue weighted by Crippen LogP contribution is -2.05. The van der Waals surface area contributed by atoms with Crippen LogP contribution in [-0.4, -0.2) is 35.3 Å². The number of hydrogen-bond donors (Lipinski definition) is 1. The number of hydrogen-bond acceptors (Lipinski definition) is 6. The van der Waals surface area contributed by atoms with Crippen molar-refractivity contribution in [2.45, 2.75) is 13.5 Å². The quantitative estimate of drug-likeness (QED) is 0.673. The van der Waals surface area contributed by atoms with Gasteiger partial charge in [0.05, 0.1) is 24.2 Å². The third-order valence-electron chi connectivity index (χ3n) is 1.70. The SMILES string of the molecule is Cc1nc(CO)cnc1-n1cnnn1. The highest BCUT2D eigenvalue weighted by atomic mass is 16.3. The molecule has 0 bridgehead atoms. The number of tetrazole rings is 1. The van der Waals surface area contributed by atoms with Crippen molar-refractivity contribution in [3.63, 3.8) is 0 Å². The minimum Gasteiger partial charge on any atom is -0.390 e. The molecule has 2 heterocycles. The fourth-order valence-electron chi connectivity index (χ4n) is 1.08. The summed E-state index contributed by atoms with van der Waals surface area (Å²) in [5.41, 5.74) is 1.20. The second-order valence-electron chi connectivity index (χ2n) is 2.68. The van der Waals surface area contributed by atoms with Crippen molar-refractivity contribution in [3.8, 4) is 5.82 Å². The standard InChI is InChI=1S/C7H8N6O/c1-5-7(13-4-9-11-12-13)8-2-6(3-14)10-5/h2,4,14H,3H2,1H3. The Bertz CT molecular complexity index is 426. The summed E-state index contributed by atoms with van der Waals surface area (Å²) in [5.74, 6) is 0.562. The van der Waals surface area contributed by atoms with Crippen molar-refractivity contribution >= 4 is 0 Å². The Labute approximate surface area is 79.4 Å². The topological polar surface area (TPSA) is 89.6 Å². The Morgan fingerprint density at radius 2 is 2.36 bits per heavy atom. The average molecular weight is 192 g/mol. The Kier molecular flexibility index (Phi) is 2.15. The van der Waals surface area contributed by atoms with Crippen LogP contribution in [0.15, 0.2) is 12.5 Å². The fraction of sp³-hybridized carbons (Fsp3) is 0.286. The van der Waals surface area contributed by atoms with Gasteiger partial charge in [0.1, 0.15) is 6.33 Å². The lowest BCUT2D eigenvalue weighted by molar-refractivity contribution is 0.276. The third-order valence-corrected chi connectivity index (χ3v) is 1.70. The number of aromatic nitrogens is 6. The molecule has 0 fully saturated rings. The highest BCUT2D eigenvalue weighted by Crippen LogP contribution is 2.06. The summed E-state index contributed by atoms with van der Waals surface area (Å²) in [6, 6.07) is 0. The Balaban J connectivity index is 2.46. The molecule has 2 rings (SSSR count). The van der Waals surface area contributed by atoms with E-state index in [4.69, 9.17) is 5.11 Å². The van der Waals surface area contributed by atoms with Gasteiger partial charge >= 0.3 is 0 Å². The van der Waals surface area contributed by atoms with Gasteiger partial charge in [-0.2, -0.15) is 4.68 Å². The van der Waals surface area contributed by atoms with E-state index in [1.165, 1.54) is 17.2 Å². The van der Waals surface area contributed by atoms with E-state index in [2.05, 4.69) is 25.5 Å². The van der Waals surface area contributed by atoms with Crippen molar-refractivity contribution in [1.82, 2.24) is 30.2 Å². The van der Waals surface area contributed by atoms with Crippen LogP contribution in [0, 0.1) is 6.92 Å².